The Hall–Kier alpha value is -1.09. The molecule has 0 atom stereocenters. The Morgan fingerprint density at radius 1 is 1.18 bits per heavy atom. The van der Waals surface area contributed by atoms with E-state index in [1.807, 2.05) is 6.26 Å². The summed E-state index contributed by atoms with van der Waals surface area (Å²) in [5, 5.41) is 4.20. The molecule has 0 unspecified atom stereocenters. The van der Waals surface area contributed by atoms with Crippen LogP contribution in [0.25, 0.3) is 0 Å². The minimum absolute atomic E-state index is 0.571. The van der Waals surface area contributed by atoms with Crippen molar-refractivity contribution in [1.82, 2.24) is 8.61 Å². The van der Waals surface area contributed by atoms with Gasteiger partial charge in [0, 0.05) is 14.1 Å². The van der Waals surface area contributed by atoms with Gasteiger partial charge in [0.2, 0.25) is 0 Å². The van der Waals surface area contributed by atoms with Gasteiger partial charge in [0.15, 0.2) is 0 Å². The van der Waals surface area contributed by atoms with Gasteiger partial charge in [0.25, 0.3) is 0 Å². The molecule has 17 heavy (non-hydrogen) atoms. The van der Waals surface area contributed by atoms with Crippen LogP contribution < -0.4 is 0 Å². The topological polar surface area (TPSA) is 71.4 Å². The van der Waals surface area contributed by atoms with E-state index in [0.29, 0.717) is 5.04 Å². The van der Waals surface area contributed by atoms with Gasteiger partial charge in [-0.3, -0.25) is 4.84 Å². The highest BCUT2D eigenvalue weighted by Gasteiger charge is 2.18. The van der Waals surface area contributed by atoms with Crippen molar-refractivity contribution in [3.8, 4) is 0 Å². The minimum Gasteiger partial charge on any atom is -0.452 e. The first-order valence-corrected chi connectivity index (χ1v) is 6.41. The van der Waals surface area contributed by atoms with Crippen LogP contribution in [0.15, 0.2) is 5.16 Å². The largest absolute Gasteiger partial charge is 0.452 e. The van der Waals surface area contributed by atoms with Gasteiger partial charge < -0.3 is 4.74 Å². The number of amides is 2. The van der Waals surface area contributed by atoms with Crippen LogP contribution in [-0.4, -0.2) is 53.3 Å². The summed E-state index contributed by atoms with van der Waals surface area (Å²) >= 11 is 2.20. The maximum absolute atomic E-state index is 11.4. The number of carbonyl (C=O) groups is 2. The number of thioether (sulfide) groups is 1. The Bertz CT molecular complexity index is 311. The summed E-state index contributed by atoms with van der Waals surface area (Å²) in [6, 6.07) is 0. The highest BCUT2D eigenvalue weighted by atomic mass is 32.2. The highest BCUT2D eigenvalue weighted by Crippen LogP contribution is 2.14. The first kappa shape index (κ1) is 15.9. The van der Waals surface area contributed by atoms with E-state index in [4.69, 9.17) is 0 Å². The quantitative estimate of drug-likeness (QED) is 0.259. The Morgan fingerprint density at radius 2 is 1.71 bits per heavy atom. The third kappa shape index (κ3) is 6.27. The smallest absolute Gasteiger partial charge is 0.447 e. The number of rotatable bonds is 3. The number of nitrogens with zero attached hydrogens (tertiary/aromatic N) is 3. The predicted octanol–water partition coefficient (Wildman–Crippen LogP) is 2.01. The van der Waals surface area contributed by atoms with E-state index >= 15 is 0 Å². The molecule has 0 bridgehead atoms. The van der Waals surface area contributed by atoms with Gasteiger partial charge in [-0.2, -0.15) is 0 Å². The fourth-order valence-electron chi connectivity index (χ4n) is 0.577. The minimum atomic E-state index is -0.681. The van der Waals surface area contributed by atoms with Crippen LogP contribution >= 0.6 is 23.9 Å². The van der Waals surface area contributed by atoms with Crippen molar-refractivity contribution in [1.29, 1.82) is 0 Å². The van der Waals surface area contributed by atoms with Crippen LogP contribution in [-0.2, 0) is 9.57 Å². The number of methoxy groups -OCH3 is 1. The molecular weight excluding hydrogens is 266 g/mol. The van der Waals surface area contributed by atoms with Gasteiger partial charge in [0.1, 0.15) is 5.04 Å². The molecule has 0 aliphatic carbocycles. The lowest BCUT2D eigenvalue weighted by atomic mass is 10.9. The summed E-state index contributed by atoms with van der Waals surface area (Å²) in [5.41, 5.74) is 0. The lowest BCUT2D eigenvalue weighted by Gasteiger charge is -2.19. The summed E-state index contributed by atoms with van der Waals surface area (Å²) in [4.78, 5) is 27.1. The molecule has 0 aromatic carbocycles. The Kier molecular flexibility index (Phi) is 7.55. The molecule has 9 heteroatoms. The molecule has 98 valence electrons. The van der Waals surface area contributed by atoms with E-state index in [0.717, 1.165) is 20.7 Å². The molecule has 0 aliphatic rings. The van der Waals surface area contributed by atoms with Gasteiger partial charge in [-0.05, 0) is 13.2 Å². The van der Waals surface area contributed by atoms with Crippen molar-refractivity contribution in [2.45, 2.75) is 6.92 Å². The van der Waals surface area contributed by atoms with E-state index < -0.39 is 12.2 Å². The Labute approximate surface area is 109 Å². The predicted molar refractivity (Wildman–Crippen MR) is 68.6 cm³/mol. The molecule has 0 aromatic heterocycles. The van der Waals surface area contributed by atoms with Gasteiger partial charge in [-0.15, -0.1) is 11.8 Å². The zero-order valence-corrected chi connectivity index (χ0v) is 11.9. The van der Waals surface area contributed by atoms with E-state index in [1.54, 1.807) is 6.92 Å². The summed E-state index contributed by atoms with van der Waals surface area (Å²) in [5.74, 6) is 0. The van der Waals surface area contributed by atoms with Crippen LogP contribution in [0.5, 0.6) is 0 Å². The first-order valence-electron chi connectivity index (χ1n) is 4.45. The molecule has 0 spiro atoms. The van der Waals surface area contributed by atoms with Gasteiger partial charge in [-0.1, -0.05) is 5.16 Å². The van der Waals surface area contributed by atoms with Gasteiger partial charge >= 0.3 is 12.2 Å². The average Bonchev–Trinajstić information content (AvgIpc) is 2.33. The number of ether oxygens (including phenoxy) is 1. The molecule has 0 N–H and O–H groups in total. The average molecular weight is 281 g/mol. The highest BCUT2D eigenvalue weighted by molar-refractivity contribution is 8.13. The molecule has 0 fully saturated rings. The zero-order chi connectivity index (χ0) is 13.4. The zero-order valence-electron chi connectivity index (χ0n) is 10.3. The molecule has 0 aliphatic heterocycles. The third-order valence-corrected chi connectivity index (χ3v) is 2.93. The number of carbonyl (C=O) groups excluding carboxylic acids is 2. The van der Waals surface area contributed by atoms with Gasteiger partial charge in [0.05, 0.1) is 19.2 Å². The van der Waals surface area contributed by atoms with Crippen LogP contribution in [0.3, 0.4) is 0 Å². The summed E-state index contributed by atoms with van der Waals surface area (Å²) in [6.45, 7) is 1.71. The standard InChI is InChI=1S/C8H15N3O4S2/c1-6(16-5)9-15-8(13)11(3)17-10(2)7(12)14-4/h1-5H3/b9-6+. The normalized spacial score (nSPS) is 10.8. The molecule has 0 heterocycles. The van der Waals surface area contributed by atoms with E-state index in [9.17, 15) is 9.59 Å². The van der Waals surface area contributed by atoms with E-state index in [1.165, 1.54) is 33.0 Å². The second-order valence-corrected chi connectivity index (χ2v) is 4.98. The monoisotopic (exact) mass is 281 g/mol. The maximum Gasteiger partial charge on any atom is 0.447 e. The van der Waals surface area contributed by atoms with Crippen molar-refractivity contribution in [2.75, 3.05) is 27.5 Å². The maximum atomic E-state index is 11.4. The summed E-state index contributed by atoms with van der Waals surface area (Å²) in [7, 11) is 4.18. The molecule has 0 aromatic rings. The second kappa shape index (κ2) is 8.07. The fourth-order valence-corrected chi connectivity index (χ4v) is 1.30. The second-order valence-electron chi connectivity index (χ2n) is 2.72. The molecular formula is C8H15N3O4S2. The van der Waals surface area contributed by atoms with Gasteiger partial charge in [-0.25, -0.2) is 18.2 Å². The van der Waals surface area contributed by atoms with E-state index in [-0.39, 0.29) is 0 Å². The molecule has 0 rings (SSSR count). The lowest BCUT2D eigenvalue weighted by molar-refractivity contribution is 0.135. The van der Waals surface area contributed by atoms with Crippen LogP contribution in [0.1, 0.15) is 6.92 Å². The number of oxime groups is 1. The summed E-state index contributed by atoms with van der Waals surface area (Å²) < 4.78 is 6.73. The summed E-state index contributed by atoms with van der Waals surface area (Å²) in [6.07, 6.45) is 0.563. The SMILES string of the molecule is COC(=O)N(C)SN(C)C(=O)O/N=C(\C)SC. The van der Waals surface area contributed by atoms with Crippen molar-refractivity contribution in [3.05, 3.63) is 0 Å². The third-order valence-electron chi connectivity index (χ3n) is 1.48. The molecule has 2 amide bonds. The molecule has 0 radical (unpaired) electrons. The van der Waals surface area contributed by atoms with Crippen molar-refractivity contribution >= 4 is 41.1 Å². The van der Waals surface area contributed by atoms with Crippen LogP contribution in [0.4, 0.5) is 9.59 Å². The lowest BCUT2D eigenvalue weighted by Crippen LogP contribution is -2.28. The van der Waals surface area contributed by atoms with Crippen molar-refractivity contribution in [2.24, 2.45) is 5.16 Å². The number of hydrogen-bond acceptors (Lipinski definition) is 7. The fraction of sp³-hybridized carbons (Fsp3) is 0.625. The van der Waals surface area contributed by atoms with Crippen molar-refractivity contribution in [3.63, 3.8) is 0 Å². The van der Waals surface area contributed by atoms with Crippen LogP contribution in [0, 0.1) is 0 Å². The number of hydrogen-bond donors (Lipinski definition) is 0. The van der Waals surface area contributed by atoms with Crippen molar-refractivity contribution < 1.29 is 19.2 Å². The Balaban J connectivity index is 4.19. The Morgan fingerprint density at radius 3 is 2.18 bits per heavy atom. The van der Waals surface area contributed by atoms with Crippen LogP contribution in [0.2, 0.25) is 0 Å². The molecule has 7 nitrogen and oxygen atoms in total. The van der Waals surface area contributed by atoms with E-state index in [2.05, 4.69) is 14.7 Å². The first-order chi connectivity index (χ1) is 7.92. The molecule has 0 saturated heterocycles. The molecule has 0 saturated carbocycles.